The first-order valence-electron chi connectivity index (χ1n) is 27.3. The van der Waals surface area contributed by atoms with E-state index in [1.165, 1.54) is 4.90 Å². The number of aliphatic hydroxyl groups is 1. The SMILES string of the molecule is Cc1nccn1-c1ccc([C@H](C)NC(=O)[C@@H]2C[C@@H](O)CN2C(=O)[C@@H](c2cc(OCCN3CCC(OC4CC(Oc5cc(N6CCN(c7cc(-c8ccccc8O)nnc7N)CC67COC7)ccn5)C4)CC3)no2)C(C)C)cc1. The number of benzene rings is 2. The fourth-order valence-corrected chi connectivity index (χ4v) is 11.7. The van der Waals surface area contributed by atoms with Crippen LogP contribution in [0.4, 0.5) is 17.2 Å². The van der Waals surface area contributed by atoms with E-state index in [4.69, 9.17) is 29.2 Å². The summed E-state index contributed by atoms with van der Waals surface area (Å²) in [6.07, 6.45) is 8.56. The number of phenols is 1. The van der Waals surface area contributed by atoms with Crippen molar-refractivity contribution in [3.05, 3.63) is 109 Å². The van der Waals surface area contributed by atoms with Crippen molar-refractivity contribution in [2.45, 2.75) is 108 Å². The maximum absolute atomic E-state index is 14.3. The first kappa shape index (κ1) is 52.7. The fourth-order valence-electron chi connectivity index (χ4n) is 11.7. The van der Waals surface area contributed by atoms with Crippen molar-refractivity contribution in [3.8, 4) is 34.5 Å². The average Bonchev–Trinajstić information content (AvgIpc) is 4.31. The summed E-state index contributed by atoms with van der Waals surface area (Å²) in [5.74, 6) is 1.07. The summed E-state index contributed by atoms with van der Waals surface area (Å²) >= 11 is 0. The summed E-state index contributed by atoms with van der Waals surface area (Å²) in [4.78, 5) is 45.4. The van der Waals surface area contributed by atoms with Gasteiger partial charge in [-0.25, -0.2) is 9.97 Å². The van der Waals surface area contributed by atoms with Crippen LogP contribution in [0.25, 0.3) is 16.9 Å². The van der Waals surface area contributed by atoms with Crippen molar-refractivity contribution < 1.29 is 43.3 Å². The van der Waals surface area contributed by atoms with E-state index in [9.17, 15) is 19.8 Å². The second kappa shape index (κ2) is 22.6. The van der Waals surface area contributed by atoms with Crippen molar-refractivity contribution in [1.82, 2.24) is 45.0 Å². The third kappa shape index (κ3) is 11.2. The van der Waals surface area contributed by atoms with Gasteiger partial charge in [-0.15, -0.1) is 10.2 Å². The number of β-amino-alcohol motifs (C(OH)–C–C–N with tert-alkyl or cyclic N) is 1. The number of nitrogens with two attached hydrogens (primary N) is 1. The zero-order valence-corrected chi connectivity index (χ0v) is 44.7. The van der Waals surface area contributed by atoms with Gasteiger partial charge >= 0.3 is 0 Å². The molecular weight excluding hydrogens is 997 g/mol. The largest absolute Gasteiger partial charge is 0.507 e. The highest BCUT2D eigenvalue weighted by molar-refractivity contribution is 5.91. The van der Waals surface area contributed by atoms with Crippen LogP contribution in [0, 0.1) is 12.8 Å². The number of carbonyl (C=O) groups excluding carboxylic acids is 2. The molecule has 1 saturated carbocycles. The lowest BCUT2D eigenvalue weighted by atomic mass is 9.90. The van der Waals surface area contributed by atoms with Crippen LogP contribution < -0.4 is 30.3 Å². The van der Waals surface area contributed by atoms with Gasteiger partial charge in [-0.3, -0.25) is 14.5 Å². The van der Waals surface area contributed by atoms with Crippen molar-refractivity contribution >= 4 is 29.0 Å². The summed E-state index contributed by atoms with van der Waals surface area (Å²) in [6, 6.07) is 21.4. The molecule has 8 heterocycles. The number of ether oxygens (including phenoxy) is 4. The van der Waals surface area contributed by atoms with E-state index in [0.29, 0.717) is 74.1 Å². The van der Waals surface area contributed by atoms with E-state index in [-0.39, 0.29) is 66.3 Å². The number of hydrogen-bond donors (Lipinski definition) is 4. The lowest BCUT2D eigenvalue weighted by molar-refractivity contribution is -0.141. The third-order valence-electron chi connectivity index (χ3n) is 16.1. The molecule has 6 aromatic rings. The van der Waals surface area contributed by atoms with E-state index < -0.39 is 18.1 Å². The van der Waals surface area contributed by atoms with Gasteiger partial charge in [0.1, 0.15) is 41.8 Å². The number of hydrogen-bond acceptors (Lipinski definition) is 18. The second-order valence-electron chi connectivity index (χ2n) is 21.9. The molecule has 11 rings (SSSR count). The van der Waals surface area contributed by atoms with Gasteiger partial charge in [-0.05, 0) is 79.7 Å². The molecular formula is C57H70N12O9. The predicted octanol–water partition coefficient (Wildman–Crippen LogP) is 5.45. The number of aliphatic hydroxyl groups excluding tert-OH is 1. The predicted molar refractivity (Wildman–Crippen MR) is 289 cm³/mol. The summed E-state index contributed by atoms with van der Waals surface area (Å²) in [5.41, 5.74) is 11.0. The molecule has 1 aliphatic carbocycles. The van der Waals surface area contributed by atoms with Gasteiger partial charge in [0.05, 0.1) is 48.9 Å². The van der Waals surface area contributed by atoms with E-state index >= 15 is 0 Å². The van der Waals surface area contributed by atoms with Gasteiger partial charge in [0.15, 0.2) is 11.6 Å². The highest BCUT2D eigenvalue weighted by Gasteiger charge is 2.49. The number of likely N-dealkylation sites (tertiary alicyclic amines) is 2. The molecule has 0 unspecified atom stereocenters. The Bertz CT molecular complexity index is 3040. The van der Waals surface area contributed by atoms with E-state index in [1.807, 2.05) is 99.3 Å². The number of nitrogens with one attached hydrogen (secondary N) is 1. The number of pyridine rings is 1. The molecule has 21 heteroatoms. The highest BCUT2D eigenvalue weighted by Crippen LogP contribution is 2.40. The number of aromatic nitrogens is 6. The number of para-hydroxylation sites is 1. The number of rotatable bonds is 18. The van der Waals surface area contributed by atoms with Crippen LogP contribution in [0.3, 0.4) is 0 Å². The number of piperazine rings is 1. The molecule has 4 atom stereocenters. The van der Waals surface area contributed by atoms with Crippen LogP contribution in [-0.4, -0.2) is 163 Å². The molecule has 78 heavy (non-hydrogen) atoms. The Kier molecular flexibility index (Phi) is 15.2. The Hall–Kier alpha value is -7.33. The Morgan fingerprint density at radius 1 is 0.885 bits per heavy atom. The molecule has 0 bridgehead atoms. The molecule has 412 valence electrons. The molecule has 4 saturated heterocycles. The molecule has 2 aromatic carbocycles. The second-order valence-corrected chi connectivity index (χ2v) is 21.9. The normalized spacial score (nSPS) is 22.3. The number of anilines is 3. The lowest BCUT2D eigenvalue weighted by Gasteiger charge is -2.56. The number of aryl methyl sites for hydroxylation is 1. The van der Waals surface area contributed by atoms with Crippen LogP contribution in [0.15, 0.2) is 95.9 Å². The van der Waals surface area contributed by atoms with Crippen molar-refractivity contribution in [2.75, 3.05) is 81.2 Å². The molecule has 4 aliphatic heterocycles. The summed E-state index contributed by atoms with van der Waals surface area (Å²) in [5, 5.41) is 37.0. The minimum Gasteiger partial charge on any atom is -0.507 e. The Morgan fingerprint density at radius 3 is 2.41 bits per heavy atom. The van der Waals surface area contributed by atoms with Crippen molar-refractivity contribution in [1.29, 1.82) is 0 Å². The van der Waals surface area contributed by atoms with Crippen LogP contribution in [0.1, 0.15) is 82.0 Å². The number of nitrogens with zero attached hydrogens (tertiary/aromatic N) is 10. The van der Waals surface area contributed by atoms with E-state index in [1.54, 1.807) is 24.4 Å². The number of phenolic OH excluding ortho intramolecular Hbond substituents is 1. The maximum atomic E-state index is 14.3. The first-order chi connectivity index (χ1) is 37.8. The minimum absolute atomic E-state index is 0.0266. The molecule has 21 nitrogen and oxygen atoms in total. The molecule has 1 spiro atoms. The number of amides is 2. The molecule has 0 radical (unpaired) electrons. The van der Waals surface area contributed by atoms with Gasteiger partial charge < -0.3 is 64.0 Å². The van der Waals surface area contributed by atoms with Gasteiger partial charge in [0.25, 0.3) is 5.88 Å². The standard InChI is InChI=1S/C57H70N12O9/c1-35(2)53(56(73)68-31-41(70)26-48(68)55(72)61-36(3)38-9-11-39(12-10-38)67-20-17-59-37(67)4)50-30-52(64-78-50)75-24-23-65-18-14-42(15-19-65)76-43-27-44(28-43)77-51-25-40(13-16-60-51)69-22-21-66(32-57(69)33-74-34-57)47-29-46(62-63-54(47)58)45-7-5-6-8-49(45)71/h5-13,16-17,20,25,29-30,35-36,41-44,48,53,70-71H,14-15,18-19,21-24,26-28,31-34H2,1-4H3,(H2,58,63)(H,61,72)/t36-,41+,43?,44?,48-,53+/m0/s1. The average molecular weight is 1070 g/mol. The van der Waals surface area contributed by atoms with Gasteiger partial charge in [-0.1, -0.05) is 38.1 Å². The van der Waals surface area contributed by atoms with Crippen LogP contribution >= 0.6 is 0 Å². The lowest BCUT2D eigenvalue weighted by Crippen LogP contribution is -2.72. The van der Waals surface area contributed by atoms with Gasteiger partial charge in [0.2, 0.25) is 17.7 Å². The zero-order chi connectivity index (χ0) is 54.1. The number of carbonyl (C=O) groups is 2. The Morgan fingerprint density at radius 2 is 1.68 bits per heavy atom. The number of nitrogen functional groups attached to an aromatic ring is 1. The Balaban J connectivity index is 0.605. The van der Waals surface area contributed by atoms with Crippen LogP contribution in [-0.2, 0) is 19.1 Å². The zero-order valence-electron chi connectivity index (χ0n) is 44.7. The smallest absolute Gasteiger partial charge is 0.254 e. The monoisotopic (exact) mass is 1070 g/mol. The topological polar surface area (TPSA) is 245 Å². The van der Waals surface area contributed by atoms with Crippen LogP contribution in [0.5, 0.6) is 17.5 Å². The fraction of sp³-hybridized carbons (Fsp3) is 0.491. The third-order valence-corrected chi connectivity index (χ3v) is 16.1. The van der Waals surface area contributed by atoms with Crippen LogP contribution in [0.2, 0.25) is 0 Å². The summed E-state index contributed by atoms with van der Waals surface area (Å²) in [7, 11) is 0. The first-order valence-corrected chi connectivity index (χ1v) is 27.3. The maximum Gasteiger partial charge on any atom is 0.254 e. The van der Waals surface area contributed by atoms with E-state index in [0.717, 1.165) is 73.8 Å². The highest BCUT2D eigenvalue weighted by atomic mass is 16.5. The van der Waals surface area contributed by atoms with E-state index in [2.05, 4.69) is 45.3 Å². The van der Waals surface area contributed by atoms with Crippen molar-refractivity contribution in [2.24, 2.45) is 5.92 Å². The minimum atomic E-state index is -0.839. The Labute approximate surface area is 453 Å². The number of piperidine rings is 1. The number of aromatic hydroxyl groups is 1. The quantitative estimate of drug-likeness (QED) is 0.0836. The number of imidazole rings is 1. The van der Waals surface area contributed by atoms with Crippen molar-refractivity contribution in [3.63, 3.8) is 0 Å². The summed E-state index contributed by atoms with van der Waals surface area (Å²) in [6.45, 7) is 13.8. The molecule has 4 aromatic heterocycles. The molecule has 5 fully saturated rings. The molecule has 5 aliphatic rings. The summed E-state index contributed by atoms with van der Waals surface area (Å²) < 4.78 is 32.6. The molecule has 5 N–H and O–H groups in total. The molecule has 2 amide bonds. The van der Waals surface area contributed by atoms with Gasteiger partial charge in [-0.2, -0.15) is 0 Å². The van der Waals surface area contributed by atoms with Gasteiger partial charge in [0, 0.05) is 113 Å².